The van der Waals surface area contributed by atoms with E-state index in [0.29, 0.717) is 53.8 Å². The molecular formula is C24H26ClNO6. The number of ether oxygens (including phenoxy) is 3. The lowest BCUT2D eigenvalue weighted by Gasteiger charge is -2.25. The molecule has 2 aromatic rings. The van der Waals surface area contributed by atoms with Crippen LogP contribution >= 0.6 is 11.6 Å². The maximum atomic E-state index is 13.0. The van der Waals surface area contributed by atoms with Crippen LogP contribution in [-0.2, 0) is 14.3 Å². The van der Waals surface area contributed by atoms with Crippen LogP contribution in [0.3, 0.4) is 0 Å². The minimum atomic E-state index is -0.747. The Kier molecular flexibility index (Phi) is 7.77. The number of ketones is 1. The first-order valence-corrected chi connectivity index (χ1v) is 10.6. The molecule has 170 valence electrons. The van der Waals surface area contributed by atoms with Crippen LogP contribution in [0.25, 0.3) is 5.76 Å². The molecular weight excluding hydrogens is 434 g/mol. The number of halogens is 1. The van der Waals surface area contributed by atoms with Crippen molar-refractivity contribution in [1.82, 2.24) is 4.90 Å². The van der Waals surface area contributed by atoms with E-state index in [0.717, 1.165) is 0 Å². The van der Waals surface area contributed by atoms with E-state index >= 15 is 0 Å². The fourth-order valence-electron chi connectivity index (χ4n) is 3.70. The molecule has 1 atom stereocenters. The van der Waals surface area contributed by atoms with Gasteiger partial charge < -0.3 is 24.2 Å². The quantitative estimate of drug-likeness (QED) is 0.262. The van der Waals surface area contributed by atoms with Crippen LogP contribution in [0.4, 0.5) is 0 Å². The highest BCUT2D eigenvalue weighted by atomic mass is 35.5. The number of methoxy groups -OCH3 is 2. The average molecular weight is 460 g/mol. The average Bonchev–Trinajstić information content (AvgIpc) is 3.05. The van der Waals surface area contributed by atoms with E-state index in [1.807, 2.05) is 6.92 Å². The first-order valence-electron chi connectivity index (χ1n) is 10.3. The maximum absolute atomic E-state index is 13.0. The Balaban J connectivity index is 2.10. The van der Waals surface area contributed by atoms with Gasteiger partial charge in [-0.25, -0.2) is 0 Å². The van der Waals surface area contributed by atoms with Gasteiger partial charge in [0.2, 0.25) is 0 Å². The van der Waals surface area contributed by atoms with Gasteiger partial charge in [-0.3, -0.25) is 9.59 Å². The molecule has 2 aromatic carbocycles. The smallest absolute Gasteiger partial charge is 0.295 e. The number of benzene rings is 2. The summed E-state index contributed by atoms with van der Waals surface area (Å²) in [6.45, 7) is 3.02. The van der Waals surface area contributed by atoms with E-state index in [1.54, 1.807) is 50.6 Å². The molecule has 32 heavy (non-hydrogen) atoms. The Bertz CT molecular complexity index is 1020. The van der Waals surface area contributed by atoms with E-state index in [1.165, 1.54) is 11.0 Å². The highest BCUT2D eigenvalue weighted by Gasteiger charge is 2.45. The topological polar surface area (TPSA) is 85.3 Å². The summed E-state index contributed by atoms with van der Waals surface area (Å²) in [5.74, 6) is -0.588. The number of likely N-dealkylation sites (tertiary alicyclic amines) is 1. The standard InChI is InChI=1S/C24H26ClNO6/c1-4-32-19-11-8-16(14-18(19)25)22(27)20-21(15-6-9-17(31-3)10-7-15)26(12-5-13-30-2)24(29)23(20)28/h6-11,14,21,27H,4-5,12-13H2,1-3H3. The highest BCUT2D eigenvalue weighted by Crippen LogP contribution is 2.40. The lowest BCUT2D eigenvalue weighted by Crippen LogP contribution is -2.31. The number of hydrogen-bond donors (Lipinski definition) is 1. The molecule has 0 aliphatic carbocycles. The van der Waals surface area contributed by atoms with Gasteiger partial charge in [-0.15, -0.1) is 0 Å². The fourth-order valence-corrected chi connectivity index (χ4v) is 3.93. The summed E-state index contributed by atoms with van der Waals surface area (Å²) in [5, 5.41) is 11.4. The Labute approximate surface area is 192 Å². The summed E-state index contributed by atoms with van der Waals surface area (Å²) in [4.78, 5) is 27.3. The maximum Gasteiger partial charge on any atom is 0.295 e. The third kappa shape index (κ3) is 4.74. The number of amides is 1. The third-order valence-corrected chi connectivity index (χ3v) is 5.52. The Morgan fingerprint density at radius 3 is 2.44 bits per heavy atom. The molecule has 0 saturated carbocycles. The van der Waals surface area contributed by atoms with E-state index in [2.05, 4.69) is 0 Å². The van der Waals surface area contributed by atoms with Gasteiger partial charge in [0.05, 0.1) is 30.4 Å². The van der Waals surface area contributed by atoms with Crippen molar-refractivity contribution in [2.75, 3.05) is 34.0 Å². The van der Waals surface area contributed by atoms with Gasteiger partial charge in [0.1, 0.15) is 17.3 Å². The van der Waals surface area contributed by atoms with Gasteiger partial charge in [-0.1, -0.05) is 23.7 Å². The fraction of sp³-hybridized carbons (Fsp3) is 0.333. The van der Waals surface area contributed by atoms with Crippen molar-refractivity contribution >= 4 is 29.1 Å². The van der Waals surface area contributed by atoms with Crippen LogP contribution in [-0.4, -0.2) is 55.7 Å². The molecule has 8 heteroatoms. The Morgan fingerprint density at radius 2 is 1.84 bits per heavy atom. The van der Waals surface area contributed by atoms with Crippen molar-refractivity contribution in [3.05, 3.63) is 64.2 Å². The minimum absolute atomic E-state index is 0.0119. The van der Waals surface area contributed by atoms with Gasteiger partial charge in [-0.2, -0.15) is 0 Å². The summed E-state index contributed by atoms with van der Waals surface area (Å²) in [6.07, 6.45) is 0.547. The molecule has 1 saturated heterocycles. The number of nitrogens with zero attached hydrogens (tertiary/aromatic N) is 1. The zero-order chi connectivity index (χ0) is 23.3. The van der Waals surface area contributed by atoms with Crippen LogP contribution in [0.1, 0.15) is 30.5 Å². The first-order chi connectivity index (χ1) is 15.4. The molecule has 3 rings (SSSR count). The van der Waals surface area contributed by atoms with Crippen molar-refractivity contribution < 1.29 is 28.9 Å². The summed E-state index contributed by atoms with van der Waals surface area (Å²) >= 11 is 6.28. The zero-order valence-electron chi connectivity index (χ0n) is 18.3. The van der Waals surface area contributed by atoms with Gasteiger partial charge >= 0.3 is 0 Å². The Morgan fingerprint density at radius 1 is 1.12 bits per heavy atom. The molecule has 0 spiro atoms. The van der Waals surface area contributed by atoms with E-state index in [9.17, 15) is 14.7 Å². The largest absolute Gasteiger partial charge is 0.507 e. The predicted molar refractivity (Wildman–Crippen MR) is 121 cm³/mol. The monoisotopic (exact) mass is 459 g/mol. The second kappa shape index (κ2) is 10.5. The van der Waals surface area contributed by atoms with Gasteiger partial charge in [-0.05, 0) is 49.2 Å². The lowest BCUT2D eigenvalue weighted by atomic mass is 9.95. The van der Waals surface area contributed by atoms with Crippen molar-refractivity contribution in [1.29, 1.82) is 0 Å². The second-order valence-corrected chi connectivity index (χ2v) is 7.60. The first kappa shape index (κ1) is 23.6. The number of hydrogen-bond acceptors (Lipinski definition) is 6. The molecule has 1 aliphatic rings. The molecule has 1 aliphatic heterocycles. The molecule has 1 fully saturated rings. The van der Waals surface area contributed by atoms with Crippen molar-refractivity contribution in [3.63, 3.8) is 0 Å². The summed E-state index contributed by atoms with van der Waals surface area (Å²) in [5.41, 5.74) is 1.02. The van der Waals surface area contributed by atoms with Crippen LogP contribution in [0.15, 0.2) is 48.0 Å². The predicted octanol–water partition coefficient (Wildman–Crippen LogP) is 4.21. The summed E-state index contributed by atoms with van der Waals surface area (Å²) < 4.78 is 15.7. The van der Waals surface area contributed by atoms with Crippen LogP contribution < -0.4 is 9.47 Å². The number of aliphatic hydroxyl groups excluding tert-OH is 1. The SMILES string of the molecule is CCOc1ccc(C(O)=C2C(=O)C(=O)N(CCCOC)C2c2ccc(OC)cc2)cc1Cl. The summed E-state index contributed by atoms with van der Waals surface area (Å²) in [6, 6.07) is 11.0. The Hall–Kier alpha value is -3.03. The molecule has 0 radical (unpaired) electrons. The number of aliphatic hydroxyl groups is 1. The second-order valence-electron chi connectivity index (χ2n) is 7.19. The van der Waals surface area contributed by atoms with Crippen molar-refractivity contribution in [3.8, 4) is 11.5 Å². The van der Waals surface area contributed by atoms with Crippen molar-refractivity contribution in [2.24, 2.45) is 0 Å². The molecule has 1 heterocycles. The zero-order valence-corrected chi connectivity index (χ0v) is 19.0. The van der Waals surface area contributed by atoms with Gasteiger partial charge in [0.15, 0.2) is 0 Å². The highest BCUT2D eigenvalue weighted by molar-refractivity contribution is 6.46. The minimum Gasteiger partial charge on any atom is -0.507 e. The molecule has 0 bridgehead atoms. The normalized spacial score (nSPS) is 17.6. The van der Waals surface area contributed by atoms with E-state index in [4.69, 9.17) is 25.8 Å². The van der Waals surface area contributed by atoms with Crippen LogP contribution in [0.5, 0.6) is 11.5 Å². The number of rotatable bonds is 9. The van der Waals surface area contributed by atoms with Gasteiger partial charge in [0.25, 0.3) is 11.7 Å². The van der Waals surface area contributed by atoms with Gasteiger partial charge in [0, 0.05) is 25.8 Å². The summed E-state index contributed by atoms with van der Waals surface area (Å²) in [7, 11) is 3.13. The molecule has 0 aromatic heterocycles. The molecule has 7 nitrogen and oxygen atoms in total. The number of Topliss-reactive ketones (excluding diaryl/α,β-unsaturated/α-hetero) is 1. The lowest BCUT2D eigenvalue weighted by molar-refractivity contribution is -0.140. The number of carbonyl (C=O) groups excluding carboxylic acids is 2. The number of carbonyl (C=O) groups is 2. The molecule has 1 amide bonds. The van der Waals surface area contributed by atoms with Crippen LogP contribution in [0, 0.1) is 0 Å². The molecule has 1 unspecified atom stereocenters. The van der Waals surface area contributed by atoms with E-state index < -0.39 is 17.7 Å². The third-order valence-electron chi connectivity index (χ3n) is 5.22. The van der Waals surface area contributed by atoms with E-state index in [-0.39, 0.29) is 11.3 Å². The molecule has 1 N–H and O–H groups in total. The van der Waals surface area contributed by atoms with Crippen LogP contribution in [0.2, 0.25) is 5.02 Å². The van der Waals surface area contributed by atoms with Crippen molar-refractivity contribution in [2.45, 2.75) is 19.4 Å².